The Balaban J connectivity index is 1.62. The highest BCUT2D eigenvalue weighted by Gasteiger charge is 2.25. The Kier molecular flexibility index (Phi) is 4.96. The number of non-ortho nitro benzene ring substituents is 1. The Morgan fingerprint density at radius 3 is 2.90 bits per heavy atom. The SMILES string of the molecule is Nc1nonc1-n1nnc(C(=O)N/N=C/c2cccc([N+](=O)[O-])c2)c1-c1cccs1. The Bertz CT molecular complexity index is 1250. The fraction of sp³-hybridized carbons (Fsp3) is 0. The number of nitrogen functional groups attached to an aromatic ring is 1. The first-order valence-electron chi connectivity index (χ1n) is 8.20. The Labute approximate surface area is 170 Å². The molecule has 0 aliphatic rings. The van der Waals surface area contributed by atoms with Crippen LogP contribution in [0, 0.1) is 10.1 Å². The summed E-state index contributed by atoms with van der Waals surface area (Å²) < 4.78 is 5.85. The van der Waals surface area contributed by atoms with E-state index in [1.54, 1.807) is 18.2 Å². The molecule has 1 aromatic carbocycles. The van der Waals surface area contributed by atoms with Crippen molar-refractivity contribution in [2.45, 2.75) is 0 Å². The van der Waals surface area contributed by atoms with Crippen LogP contribution in [0.2, 0.25) is 0 Å². The van der Waals surface area contributed by atoms with Crippen LogP contribution in [0.1, 0.15) is 16.1 Å². The molecule has 14 heteroatoms. The largest absolute Gasteiger partial charge is 0.378 e. The highest BCUT2D eigenvalue weighted by molar-refractivity contribution is 7.13. The fourth-order valence-corrected chi connectivity index (χ4v) is 3.25. The maximum Gasteiger partial charge on any atom is 0.294 e. The normalized spacial score (nSPS) is 11.1. The van der Waals surface area contributed by atoms with E-state index in [1.165, 1.54) is 40.4 Å². The van der Waals surface area contributed by atoms with Gasteiger partial charge in [0.05, 0.1) is 16.0 Å². The smallest absolute Gasteiger partial charge is 0.294 e. The molecule has 0 radical (unpaired) electrons. The van der Waals surface area contributed by atoms with Crippen LogP contribution >= 0.6 is 11.3 Å². The second kappa shape index (κ2) is 7.88. The van der Waals surface area contributed by atoms with Crippen LogP contribution in [0.25, 0.3) is 16.4 Å². The van der Waals surface area contributed by atoms with Crippen LogP contribution in [0.4, 0.5) is 11.5 Å². The molecular weight excluding hydrogens is 414 g/mol. The fourth-order valence-electron chi connectivity index (χ4n) is 2.49. The van der Waals surface area contributed by atoms with Crippen LogP contribution in [-0.2, 0) is 0 Å². The summed E-state index contributed by atoms with van der Waals surface area (Å²) in [5.41, 5.74) is 8.71. The van der Waals surface area contributed by atoms with Gasteiger partial charge in [-0.2, -0.15) is 9.78 Å². The molecule has 3 aromatic heterocycles. The van der Waals surface area contributed by atoms with Gasteiger partial charge in [0.15, 0.2) is 5.69 Å². The maximum atomic E-state index is 12.7. The molecule has 0 aliphatic carbocycles. The van der Waals surface area contributed by atoms with Gasteiger partial charge in [0.2, 0.25) is 11.6 Å². The third kappa shape index (κ3) is 3.61. The molecule has 0 spiro atoms. The van der Waals surface area contributed by atoms with E-state index in [1.807, 2.05) is 5.38 Å². The summed E-state index contributed by atoms with van der Waals surface area (Å²) in [4.78, 5) is 23.7. The van der Waals surface area contributed by atoms with Crippen molar-refractivity contribution < 1.29 is 14.3 Å². The van der Waals surface area contributed by atoms with Crippen LogP contribution < -0.4 is 11.2 Å². The third-order valence-corrected chi connectivity index (χ3v) is 4.67. The number of hydrazone groups is 1. The number of nitrogens with two attached hydrogens (primary N) is 1. The molecule has 4 rings (SSSR count). The summed E-state index contributed by atoms with van der Waals surface area (Å²) in [6, 6.07) is 9.36. The minimum Gasteiger partial charge on any atom is -0.378 e. The van der Waals surface area contributed by atoms with E-state index in [-0.39, 0.29) is 23.0 Å². The zero-order chi connectivity index (χ0) is 21.1. The van der Waals surface area contributed by atoms with E-state index in [0.29, 0.717) is 16.1 Å². The maximum absolute atomic E-state index is 12.7. The predicted molar refractivity (Wildman–Crippen MR) is 105 cm³/mol. The number of nitro groups is 1. The molecule has 150 valence electrons. The zero-order valence-electron chi connectivity index (χ0n) is 14.9. The molecule has 0 unspecified atom stereocenters. The summed E-state index contributed by atoms with van der Waals surface area (Å²) in [5.74, 6) is -0.584. The second-order valence-electron chi connectivity index (χ2n) is 5.70. The average Bonchev–Trinajstić information content (AvgIpc) is 3.48. The number of hydrogen-bond donors (Lipinski definition) is 2. The van der Waals surface area contributed by atoms with Crippen LogP contribution in [-0.4, -0.2) is 42.4 Å². The number of nitrogens with one attached hydrogen (secondary N) is 1. The Morgan fingerprint density at radius 2 is 2.20 bits per heavy atom. The van der Waals surface area contributed by atoms with Crippen molar-refractivity contribution in [2.24, 2.45) is 5.10 Å². The van der Waals surface area contributed by atoms with Crippen LogP contribution in [0.5, 0.6) is 0 Å². The first kappa shape index (κ1) is 18.9. The number of carbonyl (C=O) groups is 1. The summed E-state index contributed by atoms with van der Waals surface area (Å²) in [5, 5.41) is 31.5. The van der Waals surface area contributed by atoms with Gasteiger partial charge in [-0.05, 0) is 21.8 Å². The highest BCUT2D eigenvalue weighted by Crippen LogP contribution is 2.29. The molecule has 3 heterocycles. The van der Waals surface area contributed by atoms with Crippen molar-refractivity contribution in [2.75, 3.05) is 5.73 Å². The van der Waals surface area contributed by atoms with Crippen molar-refractivity contribution in [3.8, 4) is 16.4 Å². The molecule has 0 atom stereocenters. The van der Waals surface area contributed by atoms with Crippen molar-refractivity contribution in [1.29, 1.82) is 0 Å². The lowest BCUT2D eigenvalue weighted by molar-refractivity contribution is -0.384. The molecule has 0 aliphatic heterocycles. The van der Waals surface area contributed by atoms with Crippen molar-refractivity contribution >= 4 is 35.0 Å². The summed E-state index contributed by atoms with van der Waals surface area (Å²) >= 11 is 1.35. The molecule has 0 bridgehead atoms. The number of aromatic nitrogens is 5. The number of thiophene rings is 1. The number of benzene rings is 1. The molecule has 1 amide bonds. The monoisotopic (exact) mass is 425 g/mol. The lowest BCUT2D eigenvalue weighted by Gasteiger charge is -2.03. The number of anilines is 1. The minimum absolute atomic E-state index is 0.0200. The third-order valence-electron chi connectivity index (χ3n) is 3.80. The minimum atomic E-state index is -0.652. The van der Waals surface area contributed by atoms with Gasteiger partial charge < -0.3 is 5.73 Å². The van der Waals surface area contributed by atoms with E-state index >= 15 is 0 Å². The molecule has 3 N–H and O–H groups in total. The highest BCUT2D eigenvalue weighted by atomic mass is 32.1. The molecule has 4 aromatic rings. The van der Waals surface area contributed by atoms with Gasteiger partial charge in [0, 0.05) is 17.7 Å². The predicted octanol–water partition coefficient (Wildman–Crippen LogP) is 1.63. The van der Waals surface area contributed by atoms with Crippen molar-refractivity contribution in [1.82, 2.24) is 30.7 Å². The average molecular weight is 425 g/mol. The van der Waals surface area contributed by atoms with Gasteiger partial charge in [-0.25, -0.2) is 10.1 Å². The standard InChI is InChI=1S/C16H11N9O4S/c17-14-15(22-29-21-14)24-13(11-5-2-6-30-11)12(19-23-24)16(26)20-18-8-9-3-1-4-10(7-9)25(27)28/h1-8H,(H2,17,21)(H,20,26)/b18-8+. The van der Waals surface area contributed by atoms with E-state index in [2.05, 4.69) is 35.8 Å². The molecular formula is C16H11N9O4S. The Hall–Kier alpha value is -4.46. The molecule has 0 saturated carbocycles. The van der Waals surface area contributed by atoms with Gasteiger partial charge in [0.1, 0.15) is 5.69 Å². The topological polar surface area (TPSA) is 180 Å². The zero-order valence-corrected chi connectivity index (χ0v) is 15.7. The molecule has 0 fully saturated rings. The number of nitro benzene ring substituents is 1. The van der Waals surface area contributed by atoms with E-state index < -0.39 is 10.8 Å². The number of carbonyl (C=O) groups excluding carboxylic acids is 1. The summed E-state index contributed by atoms with van der Waals surface area (Å²) in [6.45, 7) is 0. The van der Waals surface area contributed by atoms with Crippen LogP contribution in [0.3, 0.4) is 0 Å². The number of nitrogens with zero attached hydrogens (tertiary/aromatic N) is 7. The number of rotatable bonds is 6. The lowest BCUT2D eigenvalue weighted by Crippen LogP contribution is -2.19. The van der Waals surface area contributed by atoms with Gasteiger partial charge in [-0.1, -0.05) is 23.4 Å². The number of amides is 1. The number of hydrogen-bond acceptors (Lipinski definition) is 11. The Morgan fingerprint density at radius 1 is 1.33 bits per heavy atom. The first-order chi connectivity index (χ1) is 14.5. The summed E-state index contributed by atoms with van der Waals surface area (Å²) in [6.07, 6.45) is 1.28. The van der Waals surface area contributed by atoms with E-state index in [0.717, 1.165) is 0 Å². The van der Waals surface area contributed by atoms with E-state index in [4.69, 9.17) is 5.73 Å². The van der Waals surface area contributed by atoms with Gasteiger partial charge in [0.25, 0.3) is 11.6 Å². The van der Waals surface area contributed by atoms with Gasteiger partial charge >= 0.3 is 0 Å². The molecule has 30 heavy (non-hydrogen) atoms. The van der Waals surface area contributed by atoms with Gasteiger partial charge in [-0.15, -0.1) is 16.4 Å². The van der Waals surface area contributed by atoms with E-state index in [9.17, 15) is 14.9 Å². The quantitative estimate of drug-likeness (QED) is 0.263. The van der Waals surface area contributed by atoms with Gasteiger partial charge in [-0.3, -0.25) is 14.9 Å². The summed E-state index contributed by atoms with van der Waals surface area (Å²) in [7, 11) is 0. The van der Waals surface area contributed by atoms with Crippen LogP contribution in [0.15, 0.2) is 51.5 Å². The van der Waals surface area contributed by atoms with Crippen molar-refractivity contribution in [3.05, 3.63) is 63.1 Å². The second-order valence-corrected chi connectivity index (χ2v) is 6.65. The molecule has 0 saturated heterocycles. The lowest BCUT2D eigenvalue weighted by atomic mass is 10.2. The van der Waals surface area contributed by atoms with Crippen molar-refractivity contribution in [3.63, 3.8) is 0 Å². The first-order valence-corrected chi connectivity index (χ1v) is 9.08. The molecule has 13 nitrogen and oxygen atoms in total.